The summed E-state index contributed by atoms with van der Waals surface area (Å²) >= 11 is 6.46. The van der Waals surface area contributed by atoms with Gasteiger partial charge in [-0.15, -0.1) is 0 Å². The molecule has 10 nitrogen and oxygen atoms in total. The summed E-state index contributed by atoms with van der Waals surface area (Å²) in [5.41, 5.74) is -0.132. The predicted octanol–water partition coefficient (Wildman–Crippen LogP) is 3.30. The Labute approximate surface area is 242 Å². The number of amides is 3. The van der Waals surface area contributed by atoms with Gasteiger partial charge >= 0.3 is 0 Å². The van der Waals surface area contributed by atoms with Gasteiger partial charge in [-0.05, 0) is 30.3 Å². The van der Waals surface area contributed by atoms with Gasteiger partial charge in [-0.25, -0.2) is 23.1 Å². The fourth-order valence-corrected chi connectivity index (χ4v) is 5.27. The number of aliphatic hydroxyl groups is 1. The fraction of sp³-hybridized carbons (Fsp3) is 0.286. The third kappa shape index (κ3) is 5.63. The van der Waals surface area contributed by atoms with Gasteiger partial charge < -0.3 is 10.4 Å². The van der Waals surface area contributed by atoms with E-state index >= 15 is 0 Å². The maximum absolute atomic E-state index is 14.5. The van der Waals surface area contributed by atoms with Crippen LogP contribution in [0.5, 0.6) is 0 Å². The molecule has 0 bridgehead atoms. The van der Waals surface area contributed by atoms with Crippen molar-refractivity contribution in [3.05, 3.63) is 82.9 Å². The van der Waals surface area contributed by atoms with Gasteiger partial charge in [0.15, 0.2) is 0 Å². The van der Waals surface area contributed by atoms with E-state index in [4.69, 9.17) is 11.6 Å². The number of hydrogen-bond acceptors (Lipinski definition) is 7. The van der Waals surface area contributed by atoms with Crippen LogP contribution in [0.4, 0.5) is 24.8 Å². The zero-order valence-electron chi connectivity index (χ0n) is 21.6. The molecule has 216 valence electrons. The number of nitrogens with one attached hydrogen (secondary N) is 1. The summed E-state index contributed by atoms with van der Waals surface area (Å²) in [6, 6.07) is 9.85. The van der Waals surface area contributed by atoms with Gasteiger partial charge in [0.05, 0.1) is 0 Å². The van der Waals surface area contributed by atoms with Crippen LogP contribution in [-0.4, -0.2) is 56.9 Å². The lowest BCUT2D eigenvalue weighted by Gasteiger charge is -2.39. The first-order valence-electron chi connectivity index (χ1n) is 12.7. The van der Waals surface area contributed by atoms with E-state index in [0.717, 1.165) is 21.9 Å². The summed E-state index contributed by atoms with van der Waals surface area (Å²) in [4.78, 5) is 50.9. The smallest absolute Gasteiger partial charge is 0.259 e. The van der Waals surface area contributed by atoms with Crippen molar-refractivity contribution < 1.29 is 32.7 Å². The van der Waals surface area contributed by atoms with Gasteiger partial charge in [-0.1, -0.05) is 35.9 Å². The van der Waals surface area contributed by atoms with Crippen LogP contribution in [0.25, 0.3) is 0 Å². The van der Waals surface area contributed by atoms with Crippen LogP contribution >= 0.6 is 11.6 Å². The Morgan fingerprint density at radius 2 is 1.93 bits per heavy atom. The number of hydrogen-bond donors (Lipinski definition) is 2. The molecule has 2 N–H and O–H groups in total. The van der Waals surface area contributed by atoms with Gasteiger partial charge in [0.2, 0.25) is 11.9 Å². The standard InChI is InChI=1S/C28H22ClF3N6O4/c29-20-7-2-1-6-19(20)23(24(40)35-17-12-28(31,32)13-17)37(18-5-3-4-15(30)10-18)25(41)21-11-22(39)26(42)38(21)27-34-9-8-16(14-33)36-27/h1-10,17,21-23,39H,11-13H2,(H,35,40)/t21-,22+,23?/m0/s1. The Hall–Kier alpha value is -4.54. The number of benzene rings is 2. The molecule has 2 fully saturated rings. The van der Waals surface area contributed by atoms with Gasteiger partial charge in [-0.2, -0.15) is 5.26 Å². The van der Waals surface area contributed by atoms with Crippen molar-refractivity contribution in [3.8, 4) is 6.07 Å². The van der Waals surface area contributed by atoms with Crippen molar-refractivity contribution in [2.24, 2.45) is 0 Å². The normalized spacial score (nSPS) is 20.4. The lowest BCUT2D eigenvalue weighted by molar-refractivity contribution is -0.133. The Kier molecular flexibility index (Phi) is 7.85. The monoisotopic (exact) mass is 598 g/mol. The van der Waals surface area contributed by atoms with Gasteiger partial charge in [-0.3, -0.25) is 24.2 Å². The Balaban J connectivity index is 1.63. The zero-order valence-corrected chi connectivity index (χ0v) is 22.4. The largest absolute Gasteiger partial charge is 0.383 e. The minimum Gasteiger partial charge on any atom is -0.383 e. The molecule has 5 rings (SSSR count). The molecule has 14 heteroatoms. The van der Waals surface area contributed by atoms with Gasteiger partial charge in [0, 0.05) is 47.8 Å². The molecule has 0 spiro atoms. The first-order chi connectivity index (χ1) is 20.0. The summed E-state index contributed by atoms with van der Waals surface area (Å²) < 4.78 is 41.7. The van der Waals surface area contributed by atoms with Crippen molar-refractivity contribution >= 4 is 41.0 Å². The van der Waals surface area contributed by atoms with Crippen LogP contribution in [0.3, 0.4) is 0 Å². The molecule has 1 saturated carbocycles. The van der Waals surface area contributed by atoms with Crippen LogP contribution in [0.1, 0.15) is 36.6 Å². The SMILES string of the molecule is N#Cc1ccnc(N2C(=O)[C@H](O)C[C@H]2C(=O)N(c2cccc(F)c2)C(C(=O)NC2CC(F)(F)C2)c2ccccc2Cl)n1. The molecule has 2 aliphatic rings. The predicted molar refractivity (Wildman–Crippen MR) is 143 cm³/mol. The Bertz CT molecular complexity index is 1590. The lowest BCUT2D eigenvalue weighted by atomic mass is 9.87. The first-order valence-corrected chi connectivity index (χ1v) is 13.1. The Morgan fingerprint density at radius 1 is 1.19 bits per heavy atom. The van der Waals surface area contributed by atoms with Crippen LogP contribution in [0.2, 0.25) is 5.02 Å². The molecule has 42 heavy (non-hydrogen) atoms. The minimum absolute atomic E-state index is 0.0511. The number of aliphatic hydroxyl groups excluding tert-OH is 1. The molecule has 1 aliphatic carbocycles. The van der Waals surface area contributed by atoms with E-state index in [1.807, 2.05) is 0 Å². The van der Waals surface area contributed by atoms with Crippen molar-refractivity contribution in [2.45, 2.75) is 49.4 Å². The van der Waals surface area contributed by atoms with E-state index in [0.29, 0.717) is 0 Å². The first kappa shape index (κ1) is 29.0. The van der Waals surface area contributed by atoms with Crippen LogP contribution < -0.4 is 15.1 Å². The molecule has 3 amide bonds. The van der Waals surface area contributed by atoms with Crippen molar-refractivity contribution in [1.29, 1.82) is 5.26 Å². The number of anilines is 2. The van der Waals surface area contributed by atoms with E-state index in [9.17, 15) is 37.9 Å². The number of carbonyl (C=O) groups excluding carboxylic acids is 3. The second kappa shape index (κ2) is 11.4. The van der Waals surface area contributed by atoms with Crippen LogP contribution in [0, 0.1) is 17.1 Å². The summed E-state index contributed by atoms with van der Waals surface area (Å²) in [6.45, 7) is 0. The molecule has 2 aromatic carbocycles. The fourth-order valence-electron chi connectivity index (χ4n) is 5.04. The van der Waals surface area contributed by atoms with Crippen molar-refractivity contribution in [2.75, 3.05) is 9.80 Å². The summed E-state index contributed by atoms with van der Waals surface area (Å²) in [5, 5.41) is 22.3. The molecule has 3 atom stereocenters. The maximum Gasteiger partial charge on any atom is 0.259 e. The quantitative estimate of drug-likeness (QED) is 0.425. The van der Waals surface area contributed by atoms with Crippen molar-refractivity contribution in [1.82, 2.24) is 15.3 Å². The highest BCUT2D eigenvalue weighted by Gasteiger charge is 2.50. The summed E-state index contributed by atoms with van der Waals surface area (Å²) in [7, 11) is 0. The molecule has 3 aromatic rings. The summed E-state index contributed by atoms with van der Waals surface area (Å²) in [5.74, 6) is -6.81. The number of aromatic nitrogens is 2. The van der Waals surface area contributed by atoms with Gasteiger partial charge in [0.25, 0.3) is 17.7 Å². The second-order valence-corrected chi connectivity index (χ2v) is 10.3. The third-order valence-electron chi connectivity index (χ3n) is 7.01. The van der Waals surface area contributed by atoms with E-state index < -0.39 is 73.0 Å². The number of rotatable bonds is 7. The minimum atomic E-state index is -2.95. The highest BCUT2D eigenvalue weighted by molar-refractivity contribution is 6.31. The topological polar surface area (TPSA) is 140 Å². The molecule has 1 unspecified atom stereocenters. The van der Waals surface area contributed by atoms with Gasteiger partial charge in [0.1, 0.15) is 35.8 Å². The lowest BCUT2D eigenvalue weighted by Crippen LogP contribution is -2.56. The number of alkyl halides is 2. The Morgan fingerprint density at radius 3 is 2.60 bits per heavy atom. The highest BCUT2D eigenvalue weighted by Crippen LogP contribution is 2.39. The molecule has 0 radical (unpaired) electrons. The molecule has 1 saturated heterocycles. The van der Waals surface area contributed by atoms with E-state index in [-0.39, 0.29) is 27.9 Å². The molecule has 2 heterocycles. The number of nitriles is 1. The number of carbonyl (C=O) groups is 3. The molecular weight excluding hydrogens is 577 g/mol. The average Bonchev–Trinajstić information content (AvgIpc) is 3.24. The van der Waals surface area contributed by atoms with Crippen LogP contribution in [0.15, 0.2) is 60.8 Å². The number of halogens is 4. The summed E-state index contributed by atoms with van der Waals surface area (Å²) in [6.07, 6.45) is -2.13. The van der Waals surface area contributed by atoms with Crippen molar-refractivity contribution in [3.63, 3.8) is 0 Å². The maximum atomic E-state index is 14.5. The second-order valence-electron chi connectivity index (χ2n) is 9.91. The number of nitrogens with zero attached hydrogens (tertiary/aromatic N) is 5. The highest BCUT2D eigenvalue weighted by atomic mass is 35.5. The molecule has 1 aromatic heterocycles. The average molecular weight is 599 g/mol. The molecule has 1 aliphatic heterocycles. The molecular formula is C28H22ClF3N6O4. The van der Waals surface area contributed by atoms with Crippen LogP contribution in [-0.2, 0) is 14.4 Å². The third-order valence-corrected chi connectivity index (χ3v) is 7.35. The van der Waals surface area contributed by atoms with E-state index in [1.54, 1.807) is 18.2 Å². The zero-order chi connectivity index (χ0) is 30.2. The van der Waals surface area contributed by atoms with E-state index in [1.165, 1.54) is 36.5 Å². The van der Waals surface area contributed by atoms with E-state index in [2.05, 4.69) is 15.3 Å².